The lowest BCUT2D eigenvalue weighted by Gasteiger charge is -2.10. The molecule has 0 aliphatic rings. The van der Waals surface area contributed by atoms with Gasteiger partial charge in [0.15, 0.2) is 5.78 Å². The van der Waals surface area contributed by atoms with Gasteiger partial charge in [0.05, 0.1) is 5.02 Å². The van der Waals surface area contributed by atoms with E-state index in [1.54, 1.807) is 6.07 Å². The van der Waals surface area contributed by atoms with Crippen molar-refractivity contribution in [3.05, 3.63) is 27.2 Å². The van der Waals surface area contributed by atoms with Crippen molar-refractivity contribution in [3.63, 3.8) is 0 Å². The number of carbonyl (C=O) groups excluding carboxylic acids is 1. The molecule has 2 nitrogen and oxygen atoms in total. The smallest absolute Gasteiger partial charge is 0.170 e. The standard InChI is InChI=1S/C12H14BrClO2/c1-3-4-10(15)7-16-12-8(2)5-9(13)6-11(12)14/h5-6H,3-4,7H2,1-2H3. The quantitative estimate of drug-likeness (QED) is 0.816. The van der Waals surface area contributed by atoms with Crippen LogP contribution in [0.15, 0.2) is 16.6 Å². The Balaban J connectivity index is 2.70. The van der Waals surface area contributed by atoms with Crippen molar-refractivity contribution in [2.24, 2.45) is 0 Å². The van der Waals surface area contributed by atoms with E-state index in [1.165, 1.54) is 0 Å². The first-order valence-electron chi connectivity index (χ1n) is 5.14. The van der Waals surface area contributed by atoms with E-state index in [0.29, 0.717) is 17.2 Å². The third-order valence-electron chi connectivity index (χ3n) is 2.10. The van der Waals surface area contributed by atoms with Crippen molar-refractivity contribution in [2.45, 2.75) is 26.7 Å². The van der Waals surface area contributed by atoms with E-state index < -0.39 is 0 Å². The molecule has 0 aliphatic heterocycles. The Hall–Kier alpha value is -0.540. The maximum Gasteiger partial charge on any atom is 0.170 e. The lowest BCUT2D eigenvalue weighted by atomic mass is 10.2. The molecule has 1 aromatic rings. The molecule has 0 N–H and O–H groups in total. The predicted molar refractivity (Wildman–Crippen MR) is 69.3 cm³/mol. The number of ketones is 1. The van der Waals surface area contributed by atoms with Crippen molar-refractivity contribution in [1.29, 1.82) is 0 Å². The van der Waals surface area contributed by atoms with Crippen molar-refractivity contribution >= 4 is 33.3 Å². The molecule has 0 saturated heterocycles. The molecular weight excluding hydrogens is 291 g/mol. The number of benzene rings is 1. The summed E-state index contributed by atoms with van der Waals surface area (Å²) in [7, 11) is 0. The van der Waals surface area contributed by atoms with Crippen LogP contribution < -0.4 is 4.74 Å². The van der Waals surface area contributed by atoms with Crippen molar-refractivity contribution in [2.75, 3.05) is 6.61 Å². The summed E-state index contributed by atoms with van der Waals surface area (Å²) < 4.78 is 6.34. The fourth-order valence-electron chi connectivity index (χ4n) is 1.38. The third kappa shape index (κ3) is 3.80. The van der Waals surface area contributed by atoms with Gasteiger partial charge in [-0.05, 0) is 31.0 Å². The average molecular weight is 306 g/mol. The molecule has 0 radical (unpaired) electrons. The van der Waals surface area contributed by atoms with E-state index in [4.69, 9.17) is 16.3 Å². The first-order chi connectivity index (χ1) is 7.54. The molecule has 1 aromatic carbocycles. The van der Waals surface area contributed by atoms with Crippen LogP contribution in [0.3, 0.4) is 0 Å². The summed E-state index contributed by atoms with van der Waals surface area (Å²) in [4.78, 5) is 11.3. The van der Waals surface area contributed by atoms with Crippen molar-refractivity contribution in [1.82, 2.24) is 0 Å². The average Bonchev–Trinajstić information content (AvgIpc) is 2.16. The maximum atomic E-state index is 11.3. The van der Waals surface area contributed by atoms with Gasteiger partial charge >= 0.3 is 0 Å². The SMILES string of the molecule is CCCC(=O)COc1c(C)cc(Br)cc1Cl. The third-order valence-corrected chi connectivity index (χ3v) is 2.84. The van der Waals surface area contributed by atoms with E-state index in [-0.39, 0.29) is 12.4 Å². The molecule has 0 fully saturated rings. The normalized spacial score (nSPS) is 10.2. The molecule has 0 bridgehead atoms. The number of carbonyl (C=O) groups is 1. The van der Waals surface area contributed by atoms with E-state index in [9.17, 15) is 4.79 Å². The molecule has 0 heterocycles. The number of hydrogen-bond donors (Lipinski definition) is 0. The molecule has 0 saturated carbocycles. The monoisotopic (exact) mass is 304 g/mol. The summed E-state index contributed by atoms with van der Waals surface area (Å²) in [5.41, 5.74) is 0.920. The van der Waals surface area contributed by atoms with Gasteiger partial charge in [-0.2, -0.15) is 0 Å². The van der Waals surface area contributed by atoms with Gasteiger partial charge in [0.25, 0.3) is 0 Å². The number of aryl methyl sites for hydroxylation is 1. The number of halogens is 2. The molecule has 0 amide bonds. The molecule has 4 heteroatoms. The summed E-state index contributed by atoms with van der Waals surface area (Å²) in [6.07, 6.45) is 1.39. The summed E-state index contributed by atoms with van der Waals surface area (Å²) in [5, 5.41) is 0.524. The topological polar surface area (TPSA) is 26.3 Å². The van der Waals surface area contributed by atoms with Crippen molar-refractivity contribution in [3.8, 4) is 5.75 Å². The highest BCUT2D eigenvalue weighted by Crippen LogP contribution is 2.31. The summed E-state index contributed by atoms with van der Waals surface area (Å²) in [5.74, 6) is 0.690. The second-order valence-electron chi connectivity index (χ2n) is 3.61. The number of rotatable bonds is 5. The van der Waals surface area contributed by atoms with Gasteiger partial charge < -0.3 is 4.74 Å². The molecule has 0 spiro atoms. The molecule has 0 atom stereocenters. The summed E-state index contributed by atoms with van der Waals surface area (Å²) in [6.45, 7) is 3.96. The minimum absolute atomic E-state index is 0.0933. The Bertz CT molecular complexity index is 368. The first kappa shape index (κ1) is 13.5. The van der Waals surface area contributed by atoms with Crippen LogP contribution in [0.5, 0.6) is 5.75 Å². The van der Waals surface area contributed by atoms with Crippen LogP contribution in [0, 0.1) is 6.92 Å². The summed E-state index contributed by atoms with van der Waals surface area (Å²) >= 11 is 9.37. The van der Waals surface area contributed by atoms with E-state index >= 15 is 0 Å². The van der Waals surface area contributed by atoms with Crippen LogP contribution in [-0.4, -0.2) is 12.4 Å². The first-order valence-corrected chi connectivity index (χ1v) is 6.31. The molecule has 16 heavy (non-hydrogen) atoms. The van der Waals surface area contributed by atoms with Crippen molar-refractivity contribution < 1.29 is 9.53 Å². The van der Waals surface area contributed by atoms with E-state index in [0.717, 1.165) is 16.5 Å². The van der Waals surface area contributed by atoms with Crippen LogP contribution in [0.2, 0.25) is 5.02 Å². The molecular formula is C12H14BrClO2. The second kappa shape index (κ2) is 6.26. The zero-order valence-electron chi connectivity index (χ0n) is 9.35. The molecule has 88 valence electrons. The number of ether oxygens (including phenoxy) is 1. The molecule has 0 aromatic heterocycles. The zero-order valence-corrected chi connectivity index (χ0v) is 11.7. The lowest BCUT2D eigenvalue weighted by Crippen LogP contribution is -2.11. The van der Waals surface area contributed by atoms with Gasteiger partial charge in [-0.15, -0.1) is 0 Å². The summed E-state index contributed by atoms with van der Waals surface area (Å²) in [6, 6.07) is 3.67. The highest BCUT2D eigenvalue weighted by Gasteiger charge is 2.09. The van der Waals surface area contributed by atoms with E-state index in [2.05, 4.69) is 15.9 Å². The maximum absolute atomic E-state index is 11.3. The van der Waals surface area contributed by atoms with Gasteiger partial charge in [0, 0.05) is 10.9 Å². The van der Waals surface area contributed by atoms with Crippen LogP contribution in [0.25, 0.3) is 0 Å². The minimum Gasteiger partial charge on any atom is -0.484 e. The Morgan fingerprint density at radius 1 is 1.50 bits per heavy atom. The Kier molecular flexibility index (Phi) is 5.29. The Morgan fingerprint density at radius 3 is 2.75 bits per heavy atom. The van der Waals surface area contributed by atoms with Crippen LogP contribution in [0.4, 0.5) is 0 Å². The van der Waals surface area contributed by atoms with Crippen LogP contribution in [0.1, 0.15) is 25.3 Å². The van der Waals surface area contributed by atoms with Gasteiger partial charge in [-0.3, -0.25) is 4.79 Å². The molecule has 1 rings (SSSR count). The Morgan fingerprint density at radius 2 is 2.19 bits per heavy atom. The number of Topliss-reactive ketones (excluding diaryl/α,β-unsaturated/α-hetero) is 1. The van der Waals surface area contributed by atoms with Crippen LogP contribution >= 0.6 is 27.5 Å². The minimum atomic E-state index is 0.0933. The van der Waals surface area contributed by atoms with Gasteiger partial charge in [0.2, 0.25) is 0 Å². The highest BCUT2D eigenvalue weighted by molar-refractivity contribution is 9.10. The van der Waals surface area contributed by atoms with Gasteiger partial charge in [0.1, 0.15) is 12.4 Å². The fraction of sp³-hybridized carbons (Fsp3) is 0.417. The lowest BCUT2D eigenvalue weighted by molar-refractivity contribution is -0.121. The highest BCUT2D eigenvalue weighted by atomic mass is 79.9. The zero-order chi connectivity index (χ0) is 12.1. The largest absolute Gasteiger partial charge is 0.484 e. The fourth-order valence-corrected chi connectivity index (χ4v) is 2.40. The number of hydrogen-bond acceptors (Lipinski definition) is 2. The van der Waals surface area contributed by atoms with Gasteiger partial charge in [-0.1, -0.05) is 34.5 Å². The molecule has 0 aliphatic carbocycles. The van der Waals surface area contributed by atoms with Gasteiger partial charge in [-0.25, -0.2) is 0 Å². The second-order valence-corrected chi connectivity index (χ2v) is 4.93. The predicted octanol–water partition coefficient (Wildman–Crippen LogP) is 4.16. The van der Waals surface area contributed by atoms with Crippen LogP contribution in [-0.2, 0) is 4.79 Å². The Labute approximate surface area is 109 Å². The molecule has 0 unspecified atom stereocenters. The van der Waals surface area contributed by atoms with E-state index in [1.807, 2.05) is 19.9 Å².